The lowest BCUT2D eigenvalue weighted by molar-refractivity contribution is -0.143. The molecule has 0 aromatic heterocycles. The Morgan fingerprint density at radius 1 is 1.08 bits per heavy atom. The summed E-state index contributed by atoms with van der Waals surface area (Å²) in [6.45, 7) is 6.63. The molecule has 0 aromatic rings. The monoisotopic (exact) mass is 333 g/mol. The van der Waals surface area contributed by atoms with E-state index in [1.54, 1.807) is 6.92 Å². The Labute approximate surface area is 146 Å². The largest absolute Gasteiger partial charge is 0.393 e. The van der Waals surface area contributed by atoms with Crippen molar-refractivity contribution in [1.82, 2.24) is 0 Å². The predicted octanol–water partition coefficient (Wildman–Crippen LogP) is 3.53. The van der Waals surface area contributed by atoms with Crippen molar-refractivity contribution in [2.24, 2.45) is 46.2 Å². The molecule has 3 N–H and O–H groups in total. The van der Waals surface area contributed by atoms with Crippen LogP contribution >= 0.6 is 0 Å². The highest BCUT2D eigenvalue weighted by Crippen LogP contribution is 2.67. The molecule has 0 bridgehead atoms. The second kappa shape index (κ2) is 5.54. The van der Waals surface area contributed by atoms with Crippen molar-refractivity contribution < 1.29 is 9.90 Å². The number of carbonyl (C=O) groups is 1. The van der Waals surface area contributed by atoms with Gasteiger partial charge in [0.1, 0.15) is 5.78 Å². The van der Waals surface area contributed by atoms with Gasteiger partial charge >= 0.3 is 0 Å². The highest BCUT2D eigenvalue weighted by atomic mass is 16.3. The molecule has 4 aliphatic rings. The Balaban J connectivity index is 1.67. The number of Topliss-reactive ketones (excluding diaryl/α,β-unsaturated/α-hetero) is 1. The average molecular weight is 334 g/mol. The first-order valence-electron chi connectivity index (χ1n) is 10.2. The van der Waals surface area contributed by atoms with Crippen molar-refractivity contribution in [1.29, 1.82) is 0 Å². The molecule has 0 radical (unpaired) electrons. The quantitative estimate of drug-likeness (QED) is 0.771. The Bertz CT molecular complexity index is 534. The van der Waals surface area contributed by atoms with E-state index in [4.69, 9.17) is 5.73 Å². The van der Waals surface area contributed by atoms with Crippen LogP contribution in [0.1, 0.15) is 72.1 Å². The summed E-state index contributed by atoms with van der Waals surface area (Å²) in [4.78, 5) is 12.2. The fourth-order valence-corrected chi connectivity index (χ4v) is 8.17. The third kappa shape index (κ3) is 2.19. The molecule has 0 spiro atoms. The van der Waals surface area contributed by atoms with Gasteiger partial charge in [0.25, 0.3) is 0 Å². The van der Waals surface area contributed by atoms with Crippen molar-refractivity contribution in [2.75, 3.05) is 0 Å². The first kappa shape index (κ1) is 17.0. The van der Waals surface area contributed by atoms with Gasteiger partial charge in [0.2, 0.25) is 0 Å². The van der Waals surface area contributed by atoms with Crippen LogP contribution in [0.25, 0.3) is 0 Å². The molecule has 3 unspecified atom stereocenters. The summed E-state index contributed by atoms with van der Waals surface area (Å²) < 4.78 is 0. The minimum absolute atomic E-state index is 0.0988. The summed E-state index contributed by atoms with van der Waals surface area (Å²) in [5.74, 6) is 3.22. The number of fused-ring (bicyclic) bond motifs is 5. The van der Waals surface area contributed by atoms with E-state index in [-0.39, 0.29) is 23.5 Å². The summed E-state index contributed by atoms with van der Waals surface area (Å²) >= 11 is 0. The zero-order valence-corrected chi connectivity index (χ0v) is 15.6. The maximum absolute atomic E-state index is 12.2. The van der Waals surface area contributed by atoms with E-state index in [2.05, 4.69) is 13.8 Å². The lowest BCUT2D eigenvalue weighted by atomic mass is 9.43. The molecule has 3 nitrogen and oxygen atoms in total. The first-order chi connectivity index (χ1) is 11.3. The second-order valence-corrected chi connectivity index (χ2v) is 10.1. The van der Waals surface area contributed by atoms with Gasteiger partial charge in [-0.05, 0) is 92.8 Å². The molecule has 0 amide bonds. The van der Waals surface area contributed by atoms with Crippen LogP contribution < -0.4 is 5.73 Å². The van der Waals surface area contributed by atoms with E-state index in [0.717, 1.165) is 32.1 Å². The van der Waals surface area contributed by atoms with E-state index in [9.17, 15) is 9.90 Å². The average Bonchev–Trinajstić information content (AvgIpc) is 2.84. The third-order valence-corrected chi connectivity index (χ3v) is 9.13. The standard InChI is InChI=1S/C21H35NO2/c1-12(23)16-6-7-17-15-5-4-13-10-14(24)8-9-20(13,2)19(15)18(22)11-21(16,17)3/h13-19,24H,4-11,22H2,1-3H3/t13?,14-,15+,16-,17?,18-,19?,20+,21-/m1/s1. The van der Waals surface area contributed by atoms with Crippen molar-refractivity contribution in [3.63, 3.8) is 0 Å². The Kier molecular flexibility index (Phi) is 3.93. The molecule has 3 heteroatoms. The number of ketones is 1. The highest BCUT2D eigenvalue weighted by molar-refractivity contribution is 5.79. The molecule has 4 fully saturated rings. The molecular weight excluding hydrogens is 298 g/mol. The molecular formula is C21H35NO2. The molecule has 0 aromatic carbocycles. The van der Waals surface area contributed by atoms with Crippen LogP contribution in [-0.4, -0.2) is 23.0 Å². The van der Waals surface area contributed by atoms with Gasteiger partial charge in [0.15, 0.2) is 0 Å². The van der Waals surface area contributed by atoms with Crippen LogP contribution in [0.4, 0.5) is 0 Å². The van der Waals surface area contributed by atoms with Crippen molar-refractivity contribution >= 4 is 5.78 Å². The Morgan fingerprint density at radius 2 is 1.83 bits per heavy atom. The molecule has 0 heterocycles. The van der Waals surface area contributed by atoms with Crippen molar-refractivity contribution in [3.05, 3.63) is 0 Å². The lowest BCUT2D eigenvalue weighted by Gasteiger charge is -2.62. The summed E-state index contributed by atoms with van der Waals surface area (Å²) in [5, 5.41) is 10.1. The first-order valence-corrected chi connectivity index (χ1v) is 10.2. The van der Waals surface area contributed by atoms with E-state index < -0.39 is 0 Å². The molecule has 9 atom stereocenters. The molecule has 4 saturated carbocycles. The minimum Gasteiger partial charge on any atom is -0.393 e. The number of hydrogen-bond donors (Lipinski definition) is 2. The molecule has 0 aliphatic heterocycles. The van der Waals surface area contributed by atoms with Gasteiger partial charge in [-0.25, -0.2) is 0 Å². The molecule has 4 aliphatic carbocycles. The normalized spacial score (nSPS) is 57.0. The van der Waals surface area contributed by atoms with Gasteiger partial charge in [-0.1, -0.05) is 13.8 Å². The summed E-state index contributed by atoms with van der Waals surface area (Å²) in [7, 11) is 0. The van der Waals surface area contributed by atoms with E-state index in [1.807, 2.05) is 0 Å². The maximum Gasteiger partial charge on any atom is 0.133 e. The van der Waals surface area contributed by atoms with Crippen molar-refractivity contribution in [2.45, 2.75) is 84.3 Å². The highest BCUT2D eigenvalue weighted by Gasteiger charge is 2.63. The van der Waals surface area contributed by atoms with E-state index >= 15 is 0 Å². The fraction of sp³-hybridized carbons (Fsp3) is 0.952. The predicted molar refractivity (Wildman–Crippen MR) is 95.3 cm³/mol. The van der Waals surface area contributed by atoms with E-state index in [1.165, 1.54) is 19.3 Å². The van der Waals surface area contributed by atoms with Gasteiger partial charge in [-0.15, -0.1) is 0 Å². The molecule has 136 valence electrons. The summed E-state index contributed by atoms with van der Waals surface area (Å²) in [5.41, 5.74) is 7.28. The maximum atomic E-state index is 12.2. The molecule has 4 rings (SSSR count). The smallest absolute Gasteiger partial charge is 0.133 e. The van der Waals surface area contributed by atoms with Crippen LogP contribution in [-0.2, 0) is 4.79 Å². The lowest BCUT2D eigenvalue weighted by Crippen LogP contribution is -2.61. The van der Waals surface area contributed by atoms with Gasteiger partial charge in [-0.3, -0.25) is 4.79 Å². The number of carbonyl (C=O) groups excluding carboxylic acids is 1. The van der Waals surface area contributed by atoms with Crippen LogP contribution in [0.15, 0.2) is 0 Å². The second-order valence-electron chi connectivity index (χ2n) is 10.1. The van der Waals surface area contributed by atoms with Crippen LogP contribution in [0, 0.1) is 40.4 Å². The number of aliphatic hydroxyl groups excluding tert-OH is 1. The topological polar surface area (TPSA) is 63.3 Å². The van der Waals surface area contributed by atoms with Crippen LogP contribution in [0.3, 0.4) is 0 Å². The zero-order chi connectivity index (χ0) is 17.3. The Hall–Kier alpha value is -0.410. The SMILES string of the molecule is CC(=O)[C@H]1CCC2[C@@H]3CCC4C[C@H](O)CC[C@]4(C)C3[C@H](N)C[C@@]21C. The molecule has 24 heavy (non-hydrogen) atoms. The third-order valence-electron chi connectivity index (χ3n) is 9.13. The van der Waals surface area contributed by atoms with Crippen LogP contribution in [0.2, 0.25) is 0 Å². The number of aliphatic hydroxyl groups is 1. The van der Waals surface area contributed by atoms with E-state index in [0.29, 0.717) is 34.9 Å². The fourth-order valence-electron chi connectivity index (χ4n) is 8.17. The Morgan fingerprint density at radius 3 is 2.54 bits per heavy atom. The number of rotatable bonds is 1. The number of hydrogen-bond acceptors (Lipinski definition) is 3. The summed E-state index contributed by atoms with van der Waals surface area (Å²) in [6.07, 6.45) is 8.78. The van der Waals surface area contributed by atoms with Gasteiger partial charge in [-0.2, -0.15) is 0 Å². The minimum atomic E-state index is -0.0988. The van der Waals surface area contributed by atoms with Gasteiger partial charge < -0.3 is 10.8 Å². The van der Waals surface area contributed by atoms with Gasteiger partial charge in [0.05, 0.1) is 6.10 Å². The summed E-state index contributed by atoms with van der Waals surface area (Å²) in [6, 6.07) is 0.222. The molecule has 0 saturated heterocycles. The zero-order valence-electron chi connectivity index (χ0n) is 15.6. The number of nitrogens with two attached hydrogens (primary N) is 1. The van der Waals surface area contributed by atoms with Gasteiger partial charge in [0, 0.05) is 12.0 Å². The van der Waals surface area contributed by atoms with Crippen LogP contribution in [0.5, 0.6) is 0 Å². The van der Waals surface area contributed by atoms with Crippen molar-refractivity contribution in [3.8, 4) is 0 Å².